The minimum atomic E-state index is -0.126. The average Bonchev–Trinajstić information content (AvgIpc) is 2.78. The molecule has 0 atom stereocenters. The molecule has 0 fully saturated rings. The van der Waals surface area contributed by atoms with Crippen LogP contribution in [-0.4, -0.2) is 16.5 Å². The lowest BCUT2D eigenvalue weighted by molar-refractivity contribution is 0.574. The zero-order valence-corrected chi connectivity index (χ0v) is 10.6. The van der Waals surface area contributed by atoms with Crippen molar-refractivity contribution < 1.29 is 4.42 Å². The molecule has 2 heterocycles. The molecule has 0 saturated carbocycles. The van der Waals surface area contributed by atoms with Gasteiger partial charge in [-0.2, -0.15) is 0 Å². The third-order valence-electron chi connectivity index (χ3n) is 2.69. The maximum absolute atomic E-state index is 11.9. The summed E-state index contributed by atoms with van der Waals surface area (Å²) in [6, 6.07) is 1.84. The molecule has 0 bridgehead atoms. The Morgan fingerprint density at radius 1 is 1.50 bits per heavy atom. The van der Waals surface area contributed by atoms with E-state index < -0.39 is 0 Å². The third kappa shape index (κ3) is 2.68. The number of aromatic amines is 1. The first-order valence-corrected chi connectivity index (χ1v) is 6.05. The molecule has 0 amide bonds. The molecule has 2 aromatic heterocycles. The van der Waals surface area contributed by atoms with E-state index in [1.165, 1.54) is 0 Å². The van der Waals surface area contributed by atoms with Crippen molar-refractivity contribution in [2.24, 2.45) is 0 Å². The number of aryl methyl sites for hydroxylation is 1. The van der Waals surface area contributed by atoms with E-state index in [1.807, 2.05) is 13.0 Å². The zero-order valence-electron chi connectivity index (χ0n) is 10.6. The summed E-state index contributed by atoms with van der Waals surface area (Å²) in [6.07, 6.45) is 4.22. The van der Waals surface area contributed by atoms with E-state index in [0.717, 1.165) is 18.5 Å². The van der Waals surface area contributed by atoms with E-state index in [4.69, 9.17) is 4.42 Å². The molecule has 0 radical (unpaired) electrons. The molecular formula is C13H17N3O2. The minimum Gasteiger partial charge on any atom is -0.461 e. The number of rotatable bonds is 5. The Hall–Kier alpha value is -1.88. The molecule has 2 rings (SSSR count). The van der Waals surface area contributed by atoms with Crippen molar-refractivity contribution in [3.63, 3.8) is 0 Å². The van der Waals surface area contributed by atoms with Gasteiger partial charge in [-0.1, -0.05) is 6.92 Å². The van der Waals surface area contributed by atoms with Crippen molar-refractivity contribution in [2.75, 3.05) is 6.54 Å². The van der Waals surface area contributed by atoms with Crippen LogP contribution in [0.5, 0.6) is 0 Å². The van der Waals surface area contributed by atoms with Gasteiger partial charge in [0, 0.05) is 18.3 Å². The molecule has 18 heavy (non-hydrogen) atoms. The number of H-pyrrole nitrogens is 1. The van der Waals surface area contributed by atoms with Gasteiger partial charge in [0.25, 0.3) is 5.56 Å². The predicted octanol–water partition coefficient (Wildman–Crippen LogP) is 1.84. The fourth-order valence-corrected chi connectivity index (χ4v) is 1.68. The first-order chi connectivity index (χ1) is 8.72. The van der Waals surface area contributed by atoms with Gasteiger partial charge in [-0.25, -0.2) is 4.98 Å². The van der Waals surface area contributed by atoms with Crippen LogP contribution in [0.4, 0.5) is 0 Å². The van der Waals surface area contributed by atoms with Gasteiger partial charge >= 0.3 is 0 Å². The van der Waals surface area contributed by atoms with Crippen LogP contribution in [0.1, 0.15) is 24.5 Å². The summed E-state index contributed by atoms with van der Waals surface area (Å²) in [5.74, 6) is 1.09. The second-order valence-electron chi connectivity index (χ2n) is 4.20. The van der Waals surface area contributed by atoms with Crippen LogP contribution in [0.2, 0.25) is 0 Å². The molecule has 5 nitrogen and oxygen atoms in total. The normalized spacial score (nSPS) is 10.8. The van der Waals surface area contributed by atoms with Gasteiger partial charge < -0.3 is 14.7 Å². The molecule has 2 N–H and O–H groups in total. The third-order valence-corrected chi connectivity index (χ3v) is 2.69. The molecule has 0 aromatic carbocycles. The van der Waals surface area contributed by atoms with E-state index >= 15 is 0 Å². The Morgan fingerprint density at radius 2 is 2.33 bits per heavy atom. The fraction of sp³-hybridized carbons (Fsp3) is 0.385. The molecule has 5 heteroatoms. The maximum Gasteiger partial charge on any atom is 0.255 e. The summed E-state index contributed by atoms with van der Waals surface area (Å²) in [5.41, 5.74) is 1.46. The standard InChI is InChI=1S/C13H17N3O2/c1-3-5-14-7-10-8-15-12(16-13(10)17)11-9(2)4-6-18-11/h4,6,8,14H,3,5,7H2,1-2H3,(H,15,16,17). The van der Waals surface area contributed by atoms with Crippen LogP contribution in [-0.2, 0) is 6.54 Å². The predicted molar refractivity (Wildman–Crippen MR) is 69.3 cm³/mol. The first kappa shape index (κ1) is 12.6. The van der Waals surface area contributed by atoms with Crippen LogP contribution < -0.4 is 10.9 Å². The van der Waals surface area contributed by atoms with Crippen LogP contribution >= 0.6 is 0 Å². The Morgan fingerprint density at radius 3 is 2.94 bits per heavy atom. The highest BCUT2D eigenvalue weighted by Crippen LogP contribution is 2.18. The molecule has 2 aromatic rings. The summed E-state index contributed by atoms with van der Waals surface area (Å²) in [6.45, 7) is 5.42. The van der Waals surface area contributed by atoms with Gasteiger partial charge in [0.2, 0.25) is 0 Å². The number of nitrogens with zero attached hydrogens (tertiary/aromatic N) is 1. The number of hydrogen-bond acceptors (Lipinski definition) is 4. The SMILES string of the molecule is CCCNCc1cnc(-c2occc2C)[nH]c1=O. The van der Waals surface area contributed by atoms with Gasteiger partial charge in [0.05, 0.1) is 6.26 Å². The first-order valence-electron chi connectivity index (χ1n) is 6.05. The van der Waals surface area contributed by atoms with Gasteiger partial charge in [-0.15, -0.1) is 0 Å². The highest BCUT2D eigenvalue weighted by atomic mass is 16.3. The Bertz CT molecular complexity index is 572. The molecule has 0 aliphatic carbocycles. The Balaban J connectivity index is 2.20. The van der Waals surface area contributed by atoms with Gasteiger partial charge in [-0.3, -0.25) is 4.79 Å². The van der Waals surface area contributed by atoms with E-state index in [9.17, 15) is 4.79 Å². The van der Waals surface area contributed by atoms with Crippen LogP contribution in [0.25, 0.3) is 11.6 Å². The van der Waals surface area contributed by atoms with Crippen LogP contribution in [0.3, 0.4) is 0 Å². The molecule has 96 valence electrons. The van der Waals surface area contributed by atoms with Crippen molar-refractivity contribution >= 4 is 0 Å². The highest BCUT2D eigenvalue weighted by Gasteiger charge is 2.09. The fourth-order valence-electron chi connectivity index (χ4n) is 1.68. The minimum absolute atomic E-state index is 0.126. The van der Waals surface area contributed by atoms with E-state index in [-0.39, 0.29) is 5.56 Å². The quantitative estimate of drug-likeness (QED) is 0.791. The number of aromatic nitrogens is 2. The largest absolute Gasteiger partial charge is 0.461 e. The summed E-state index contributed by atoms with van der Waals surface area (Å²) in [5, 5.41) is 3.17. The lowest BCUT2D eigenvalue weighted by Crippen LogP contribution is -2.22. The van der Waals surface area contributed by atoms with Crippen molar-refractivity contribution in [1.29, 1.82) is 0 Å². The van der Waals surface area contributed by atoms with Crippen molar-refractivity contribution in [3.05, 3.63) is 40.0 Å². The van der Waals surface area contributed by atoms with Gasteiger partial charge in [0.1, 0.15) is 0 Å². The van der Waals surface area contributed by atoms with E-state index in [1.54, 1.807) is 12.5 Å². The Kier molecular flexibility index (Phi) is 3.94. The lowest BCUT2D eigenvalue weighted by atomic mass is 10.2. The molecule has 0 spiro atoms. The summed E-state index contributed by atoms with van der Waals surface area (Å²) in [4.78, 5) is 18.8. The van der Waals surface area contributed by atoms with Gasteiger partial charge in [-0.05, 0) is 31.5 Å². The molecular weight excluding hydrogens is 230 g/mol. The van der Waals surface area contributed by atoms with Crippen molar-refractivity contribution in [3.8, 4) is 11.6 Å². The summed E-state index contributed by atoms with van der Waals surface area (Å²) < 4.78 is 5.30. The average molecular weight is 247 g/mol. The monoisotopic (exact) mass is 247 g/mol. The Labute approximate surface area is 105 Å². The molecule has 0 unspecified atom stereocenters. The highest BCUT2D eigenvalue weighted by molar-refractivity contribution is 5.51. The smallest absolute Gasteiger partial charge is 0.255 e. The molecule has 0 saturated heterocycles. The number of nitrogens with one attached hydrogen (secondary N) is 2. The van der Waals surface area contributed by atoms with Crippen LogP contribution in [0.15, 0.2) is 27.7 Å². The van der Waals surface area contributed by atoms with E-state index in [2.05, 4.69) is 22.2 Å². The zero-order chi connectivity index (χ0) is 13.0. The van der Waals surface area contributed by atoms with E-state index in [0.29, 0.717) is 23.7 Å². The van der Waals surface area contributed by atoms with Crippen molar-refractivity contribution in [1.82, 2.24) is 15.3 Å². The molecule has 0 aliphatic heterocycles. The summed E-state index contributed by atoms with van der Waals surface area (Å²) in [7, 11) is 0. The van der Waals surface area contributed by atoms with Crippen molar-refractivity contribution in [2.45, 2.75) is 26.8 Å². The van der Waals surface area contributed by atoms with Gasteiger partial charge in [0.15, 0.2) is 11.6 Å². The topological polar surface area (TPSA) is 70.9 Å². The second kappa shape index (κ2) is 5.64. The number of hydrogen-bond donors (Lipinski definition) is 2. The lowest BCUT2D eigenvalue weighted by Gasteiger charge is -2.03. The van der Waals surface area contributed by atoms with Crippen LogP contribution in [0, 0.1) is 6.92 Å². The summed E-state index contributed by atoms with van der Waals surface area (Å²) >= 11 is 0. The molecule has 0 aliphatic rings. The second-order valence-corrected chi connectivity index (χ2v) is 4.20. The number of furan rings is 1. The maximum atomic E-state index is 11.9.